The third kappa shape index (κ3) is 3.18. The fourth-order valence-corrected chi connectivity index (χ4v) is 4.06. The van der Waals surface area contributed by atoms with Crippen LogP contribution in [0.1, 0.15) is 55.5 Å². The van der Waals surface area contributed by atoms with Gasteiger partial charge in [0.15, 0.2) is 5.82 Å². The lowest BCUT2D eigenvalue weighted by Crippen LogP contribution is -2.41. The van der Waals surface area contributed by atoms with Crippen LogP contribution in [0, 0.1) is 0 Å². The average molecular weight is 297 g/mol. The van der Waals surface area contributed by atoms with E-state index in [4.69, 9.17) is 9.26 Å². The molecule has 112 valence electrons. The second kappa shape index (κ2) is 6.91. The molecule has 0 radical (unpaired) electrons. The Morgan fingerprint density at radius 3 is 3.15 bits per heavy atom. The topological polar surface area (TPSA) is 60.2 Å². The summed E-state index contributed by atoms with van der Waals surface area (Å²) in [7, 11) is 0. The first-order chi connectivity index (χ1) is 9.88. The van der Waals surface area contributed by atoms with Crippen LogP contribution >= 0.6 is 11.8 Å². The Kier molecular flexibility index (Phi) is 4.96. The van der Waals surface area contributed by atoms with E-state index in [1.54, 1.807) is 0 Å². The number of nitrogens with one attached hydrogen (secondary N) is 1. The molecule has 3 unspecified atom stereocenters. The maximum atomic E-state index is 5.61. The maximum absolute atomic E-state index is 5.61. The molecule has 2 aliphatic heterocycles. The van der Waals surface area contributed by atoms with Gasteiger partial charge in [0, 0.05) is 12.6 Å². The molecule has 6 heteroatoms. The summed E-state index contributed by atoms with van der Waals surface area (Å²) in [5.74, 6) is 3.04. The monoisotopic (exact) mass is 297 g/mol. The van der Waals surface area contributed by atoms with E-state index in [1.165, 1.54) is 18.6 Å². The van der Waals surface area contributed by atoms with Gasteiger partial charge in [-0.1, -0.05) is 12.1 Å². The van der Waals surface area contributed by atoms with Crippen LogP contribution < -0.4 is 5.32 Å². The summed E-state index contributed by atoms with van der Waals surface area (Å²) in [5, 5.41) is 8.21. The Bertz CT molecular complexity index is 420. The Morgan fingerprint density at radius 1 is 1.40 bits per heavy atom. The predicted molar refractivity (Wildman–Crippen MR) is 79.0 cm³/mol. The summed E-state index contributed by atoms with van der Waals surface area (Å²) in [6.45, 7) is 4.71. The summed E-state index contributed by atoms with van der Waals surface area (Å²) >= 11 is 1.94. The average Bonchev–Trinajstić information content (AvgIpc) is 3.15. The molecule has 1 N–H and O–H groups in total. The molecule has 0 bridgehead atoms. The minimum Gasteiger partial charge on any atom is -0.381 e. The van der Waals surface area contributed by atoms with Crippen molar-refractivity contribution >= 4 is 11.8 Å². The van der Waals surface area contributed by atoms with Crippen LogP contribution in [-0.4, -0.2) is 41.7 Å². The van der Waals surface area contributed by atoms with Crippen molar-refractivity contribution in [3.8, 4) is 0 Å². The highest BCUT2D eigenvalue weighted by Crippen LogP contribution is 2.39. The number of rotatable bonds is 5. The van der Waals surface area contributed by atoms with E-state index < -0.39 is 0 Å². The Morgan fingerprint density at radius 2 is 2.35 bits per heavy atom. The molecule has 20 heavy (non-hydrogen) atoms. The molecule has 1 aromatic heterocycles. The fraction of sp³-hybridized carbons (Fsp3) is 0.857. The highest BCUT2D eigenvalue weighted by atomic mass is 32.2. The maximum Gasteiger partial charge on any atom is 0.233 e. The molecule has 1 aromatic rings. The largest absolute Gasteiger partial charge is 0.381 e. The van der Waals surface area contributed by atoms with Crippen molar-refractivity contribution in [2.24, 2.45) is 0 Å². The van der Waals surface area contributed by atoms with E-state index in [0.29, 0.717) is 17.9 Å². The van der Waals surface area contributed by atoms with Gasteiger partial charge in [-0.05, 0) is 38.0 Å². The van der Waals surface area contributed by atoms with Gasteiger partial charge in [0.25, 0.3) is 0 Å². The second-order valence-corrected chi connectivity index (χ2v) is 6.83. The first kappa shape index (κ1) is 14.4. The van der Waals surface area contributed by atoms with Crippen molar-refractivity contribution in [2.45, 2.75) is 49.8 Å². The standard InChI is InChI=1S/C14H23N3O2S/c1-2-6-15-11-5-7-18-9-10(11)14-16-13(17-19-14)12-4-3-8-20-12/h10-12,15H,2-9H2,1H3. The molecule has 2 saturated heterocycles. The zero-order chi connectivity index (χ0) is 13.8. The molecule has 0 aromatic carbocycles. The van der Waals surface area contributed by atoms with Crippen LogP contribution in [-0.2, 0) is 4.74 Å². The molecular weight excluding hydrogens is 274 g/mol. The SMILES string of the molecule is CCCNC1CCOCC1c1nc(C2CCCS2)no1. The lowest BCUT2D eigenvalue weighted by atomic mass is 9.95. The second-order valence-electron chi connectivity index (χ2n) is 5.52. The summed E-state index contributed by atoms with van der Waals surface area (Å²) in [6, 6.07) is 0.397. The Labute approximate surface area is 124 Å². The van der Waals surface area contributed by atoms with E-state index in [1.807, 2.05) is 11.8 Å². The van der Waals surface area contributed by atoms with Gasteiger partial charge >= 0.3 is 0 Å². The number of hydrogen-bond acceptors (Lipinski definition) is 6. The van der Waals surface area contributed by atoms with Crippen LogP contribution in [0.2, 0.25) is 0 Å². The molecule has 5 nitrogen and oxygen atoms in total. The van der Waals surface area contributed by atoms with E-state index >= 15 is 0 Å². The van der Waals surface area contributed by atoms with Crippen molar-refractivity contribution in [2.75, 3.05) is 25.5 Å². The molecule has 3 heterocycles. The number of ether oxygens (including phenoxy) is 1. The van der Waals surface area contributed by atoms with Gasteiger partial charge in [-0.2, -0.15) is 16.7 Å². The van der Waals surface area contributed by atoms with Gasteiger partial charge in [0.05, 0.1) is 17.8 Å². The first-order valence-corrected chi connectivity index (χ1v) is 8.69. The smallest absolute Gasteiger partial charge is 0.233 e. The van der Waals surface area contributed by atoms with Crippen molar-refractivity contribution in [3.05, 3.63) is 11.7 Å². The van der Waals surface area contributed by atoms with Crippen molar-refractivity contribution in [3.63, 3.8) is 0 Å². The minimum atomic E-state index is 0.197. The Balaban J connectivity index is 1.69. The molecule has 3 rings (SSSR count). The van der Waals surface area contributed by atoms with Gasteiger partial charge in [0.2, 0.25) is 5.89 Å². The van der Waals surface area contributed by atoms with Crippen LogP contribution in [0.15, 0.2) is 4.52 Å². The van der Waals surface area contributed by atoms with Crippen molar-refractivity contribution in [1.82, 2.24) is 15.5 Å². The Hall–Kier alpha value is -0.590. The number of aromatic nitrogens is 2. The number of nitrogens with zero attached hydrogens (tertiary/aromatic N) is 2. The highest BCUT2D eigenvalue weighted by Gasteiger charge is 2.32. The zero-order valence-corrected chi connectivity index (χ0v) is 12.8. The van der Waals surface area contributed by atoms with Gasteiger partial charge < -0.3 is 14.6 Å². The number of hydrogen-bond donors (Lipinski definition) is 1. The molecule has 2 aliphatic rings. The van der Waals surface area contributed by atoms with E-state index in [-0.39, 0.29) is 5.92 Å². The molecule has 0 amide bonds. The summed E-state index contributed by atoms with van der Waals surface area (Å²) < 4.78 is 11.1. The lowest BCUT2D eigenvalue weighted by molar-refractivity contribution is 0.0498. The molecule has 0 spiro atoms. The van der Waals surface area contributed by atoms with Gasteiger partial charge in [-0.25, -0.2) is 0 Å². The molecule has 2 fully saturated rings. The molecule has 0 saturated carbocycles. The number of thioether (sulfide) groups is 1. The zero-order valence-electron chi connectivity index (χ0n) is 12.0. The molecule has 0 aliphatic carbocycles. The van der Waals surface area contributed by atoms with Gasteiger partial charge in [-0.3, -0.25) is 0 Å². The van der Waals surface area contributed by atoms with E-state index in [9.17, 15) is 0 Å². The third-order valence-corrected chi connectivity index (χ3v) is 5.38. The van der Waals surface area contributed by atoms with Gasteiger partial charge in [-0.15, -0.1) is 0 Å². The van der Waals surface area contributed by atoms with Gasteiger partial charge in [0.1, 0.15) is 0 Å². The van der Waals surface area contributed by atoms with Crippen LogP contribution in [0.3, 0.4) is 0 Å². The molecular formula is C14H23N3O2S. The van der Waals surface area contributed by atoms with Crippen molar-refractivity contribution < 1.29 is 9.26 Å². The quantitative estimate of drug-likeness (QED) is 0.901. The van der Waals surface area contributed by atoms with Crippen molar-refractivity contribution in [1.29, 1.82) is 0 Å². The summed E-state index contributed by atoms with van der Waals surface area (Å²) in [6.07, 6.45) is 4.58. The fourth-order valence-electron chi connectivity index (χ4n) is 2.87. The highest BCUT2D eigenvalue weighted by molar-refractivity contribution is 7.99. The minimum absolute atomic E-state index is 0.197. The van der Waals surface area contributed by atoms with E-state index in [0.717, 1.165) is 37.7 Å². The first-order valence-electron chi connectivity index (χ1n) is 7.64. The molecule has 3 atom stereocenters. The lowest BCUT2D eigenvalue weighted by Gasteiger charge is -2.29. The normalized spacial score (nSPS) is 30.8. The summed E-state index contributed by atoms with van der Waals surface area (Å²) in [5.41, 5.74) is 0. The van der Waals surface area contributed by atoms with Crippen LogP contribution in [0.5, 0.6) is 0 Å². The van der Waals surface area contributed by atoms with E-state index in [2.05, 4.69) is 22.4 Å². The predicted octanol–water partition coefficient (Wildman–Crippen LogP) is 2.51. The van der Waals surface area contributed by atoms with Crippen LogP contribution in [0.25, 0.3) is 0 Å². The van der Waals surface area contributed by atoms with Crippen LogP contribution in [0.4, 0.5) is 0 Å². The third-order valence-electron chi connectivity index (χ3n) is 4.01. The summed E-state index contributed by atoms with van der Waals surface area (Å²) in [4.78, 5) is 4.66.